The summed E-state index contributed by atoms with van der Waals surface area (Å²) in [5.41, 5.74) is 6.13. The van der Waals surface area contributed by atoms with E-state index in [0.29, 0.717) is 23.2 Å². The first-order valence-corrected chi connectivity index (χ1v) is 6.24. The molecule has 0 saturated carbocycles. The van der Waals surface area contributed by atoms with Crippen molar-refractivity contribution >= 4 is 34.9 Å². The van der Waals surface area contributed by atoms with E-state index in [1.807, 2.05) is 13.8 Å². The summed E-state index contributed by atoms with van der Waals surface area (Å²) in [5, 5.41) is 6.62. The number of hydrogen-bond donors (Lipinski definition) is 3. The molecule has 0 aliphatic carbocycles. The van der Waals surface area contributed by atoms with Crippen molar-refractivity contribution in [3.8, 4) is 0 Å². The average Bonchev–Trinajstić information content (AvgIpc) is 2.26. The Morgan fingerprint density at radius 3 is 2.89 bits per heavy atom. The van der Waals surface area contributed by atoms with Gasteiger partial charge in [-0.2, -0.15) is 0 Å². The molecular formula is C11H16ClN5S. The number of aliphatic imine (C=N–C) groups is 1. The number of nitrogens with two attached hydrogens (primary N) is 1. The van der Waals surface area contributed by atoms with E-state index >= 15 is 0 Å². The summed E-state index contributed by atoms with van der Waals surface area (Å²) in [6.45, 7) is 4.33. The van der Waals surface area contributed by atoms with Crippen molar-refractivity contribution in [2.24, 2.45) is 10.7 Å². The zero-order valence-corrected chi connectivity index (χ0v) is 11.8. The van der Waals surface area contributed by atoms with E-state index in [4.69, 9.17) is 29.6 Å². The molecule has 0 fully saturated rings. The van der Waals surface area contributed by atoms with E-state index in [9.17, 15) is 0 Å². The summed E-state index contributed by atoms with van der Waals surface area (Å²) in [5.74, 6) is 0.513. The number of nitrogens with one attached hydrogen (secondary N) is 2. The maximum atomic E-state index is 6.00. The van der Waals surface area contributed by atoms with Crippen LogP contribution in [-0.2, 0) is 6.54 Å². The molecule has 0 unspecified atom stereocenters. The number of aromatic nitrogens is 1. The minimum absolute atomic E-state index is 0.161. The summed E-state index contributed by atoms with van der Waals surface area (Å²) in [7, 11) is 0. The highest BCUT2D eigenvalue weighted by Gasteiger charge is 2.04. The molecule has 1 heterocycles. The predicted molar refractivity (Wildman–Crippen MR) is 78.6 cm³/mol. The second-order valence-corrected chi connectivity index (χ2v) is 4.73. The van der Waals surface area contributed by atoms with Gasteiger partial charge in [0.2, 0.25) is 0 Å². The van der Waals surface area contributed by atoms with Crippen molar-refractivity contribution in [3.63, 3.8) is 0 Å². The van der Waals surface area contributed by atoms with Crippen molar-refractivity contribution in [1.82, 2.24) is 15.6 Å². The summed E-state index contributed by atoms with van der Waals surface area (Å²) in [6.07, 6.45) is 1.67. The number of rotatable bonds is 3. The quantitative estimate of drug-likeness (QED) is 0.445. The highest BCUT2D eigenvalue weighted by Crippen LogP contribution is 2.12. The van der Waals surface area contributed by atoms with Crippen molar-refractivity contribution in [1.29, 1.82) is 0 Å². The molecule has 0 atom stereocenters. The number of thiocarbonyl (C=S) groups is 1. The molecule has 7 heteroatoms. The predicted octanol–water partition coefficient (Wildman–Crippen LogP) is 1.42. The van der Waals surface area contributed by atoms with E-state index in [1.54, 1.807) is 18.3 Å². The molecule has 0 bridgehead atoms. The Balaban J connectivity index is 2.76. The van der Waals surface area contributed by atoms with E-state index in [-0.39, 0.29) is 11.2 Å². The number of guanidine groups is 1. The number of hydrogen-bond acceptors (Lipinski definition) is 3. The summed E-state index contributed by atoms with van der Waals surface area (Å²) >= 11 is 10.8. The van der Waals surface area contributed by atoms with Gasteiger partial charge < -0.3 is 16.4 Å². The minimum atomic E-state index is 0.161. The van der Waals surface area contributed by atoms with Gasteiger partial charge in [-0.15, -0.1) is 0 Å². The molecule has 0 aliphatic heterocycles. The smallest absolute Gasteiger partial charge is 0.198 e. The first kappa shape index (κ1) is 14.7. The largest absolute Gasteiger partial charge is 0.376 e. The van der Waals surface area contributed by atoms with Gasteiger partial charge >= 0.3 is 0 Å². The monoisotopic (exact) mass is 285 g/mol. The second kappa shape index (κ2) is 7.13. The standard InChI is InChI=1S/C11H16ClN5S/c1-7(2)16-11(17-10(13)18)15-6-9-8(12)4-3-5-14-9/h3-5,7H,6H2,1-2H3,(H4,13,15,16,17,18). The molecule has 4 N–H and O–H groups in total. The van der Waals surface area contributed by atoms with Crippen molar-refractivity contribution in [2.45, 2.75) is 26.4 Å². The lowest BCUT2D eigenvalue weighted by atomic mass is 10.3. The Kier molecular flexibility index (Phi) is 5.80. The lowest BCUT2D eigenvalue weighted by Gasteiger charge is -2.13. The van der Waals surface area contributed by atoms with Gasteiger partial charge in [0.1, 0.15) is 0 Å². The molecule has 1 aromatic rings. The summed E-state index contributed by atoms with van der Waals surface area (Å²) in [6, 6.07) is 3.76. The first-order chi connectivity index (χ1) is 8.49. The van der Waals surface area contributed by atoms with Crippen LogP contribution in [0.15, 0.2) is 23.3 Å². The molecule has 0 saturated heterocycles. The minimum Gasteiger partial charge on any atom is -0.376 e. The van der Waals surface area contributed by atoms with Crippen LogP contribution in [-0.4, -0.2) is 22.1 Å². The number of pyridine rings is 1. The summed E-state index contributed by atoms with van der Waals surface area (Å²) < 4.78 is 0. The van der Waals surface area contributed by atoms with Crippen LogP contribution in [0.1, 0.15) is 19.5 Å². The zero-order chi connectivity index (χ0) is 13.5. The van der Waals surface area contributed by atoms with E-state index in [0.717, 1.165) is 0 Å². The van der Waals surface area contributed by atoms with Gasteiger partial charge in [0.25, 0.3) is 0 Å². The van der Waals surface area contributed by atoms with Gasteiger partial charge in [-0.05, 0) is 38.2 Å². The molecule has 0 radical (unpaired) electrons. The molecule has 1 aromatic heterocycles. The maximum Gasteiger partial charge on any atom is 0.198 e. The van der Waals surface area contributed by atoms with Crippen LogP contribution in [0.25, 0.3) is 0 Å². The Morgan fingerprint density at radius 1 is 1.61 bits per heavy atom. The van der Waals surface area contributed by atoms with E-state index in [1.165, 1.54) is 0 Å². The third-order valence-electron chi connectivity index (χ3n) is 1.89. The Bertz CT molecular complexity index is 447. The van der Waals surface area contributed by atoms with Crippen LogP contribution in [0.3, 0.4) is 0 Å². The van der Waals surface area contributed by atoms with Gasteiger partial charge in [0.15, 0.2) is 11.1 Å². The molecular weight excluding hydrogens is 270 g/mol. The maximum absolute atomic E-state index is 6.00. The van der Waals surface area contributed by atoms with Crippen molar-refractivity contribution in [3.05, 3.63) is 29.0 Å². The second-order valence-electron chi connectivity index (χ2n) is 3.89. The fourth-order valence-electron chi connectivity index (χ4n) is 1.20. The lowest BCUT2D eigenvalue weighted by molar-refractivity contribution is 0.716. The van der Waals surface area contributed by atoms with Gasteiger partial charge in [0, 0.05) is 12.2 Å². The Morgan fingerprint density at radius 2 is 2.33 bits per heavy atom. The van der Waals surface area contributed by atoms with Crippen LogP contribution in [0.4, 0.5) is 0 Å². The van der Waals surface area contributed by atoms with Crippen LogP contribution < -0.4 is 16.4 Å². The lowest BCUT2D eigenvalue weighted by Crippen LogP contribution is -2.46. The molecule has 0 aromatic carbocycles. The average molecular weight is 286 g/mol. The van der Waals surface area contributed by atoms with Gasteiger partial charge in [-0.1, -0.05) is 11.6 Å². The van der Waals surface area contributed by atoms with Crippen LogP contribution in [0.2, 0.25) is 5.02 Å². The molecule has 0 aliphatic rings. The number of nitrogens with zero attached hydrogens (tertiary/aromatic N) is 2. The molecule has 0 amide bonds. The molecule has 5 nitrogen and oxygen atoms in total. The Labute approximate surface area is 117 Å². The zero-order valence-electron chi connectivity index (χ0n) is 10.3. The Hall–Kier alpha value is -1.40. The molecule has 0 spiro atoms. The third kappa shape index (κ3) is 5.29. The van der Waals surface area contributed by atoms with Gasteiger partial charge in [-0.25, -0.2) is 4.99 Å². The van der Waals surface area contributed by atoms with Crippen LogP contribution in [0.5, 0.6) is 0 Å². The molecule has 98 valence electrons. The summed E-state index contributed by atoms with van der Waals surface area (Å²) in [4.78, 5) is 8.46. The SMILES string of the molecule is CC(C)NC(=NCc1ncccc1Cl)NC(N)=S. The first-order valence-electron chi connectivity index (χ1n) is 5.46. The highest BCUT2D eigenvalue weighted by molar-refractivity contribution is 7.80. The van der Waals surface area contributed by atoms with Crippen LogP contribution >= 0.6 is 23.8 Å². The van der Waals surface area contributed by atoms with Gasteiger partial charge in [-0.3, -0.25) is 4.98 Å². The fraction of sp³-hybridized carbons (Fsp3) is 0.364. The number of halogens is 1. The van der Waals surface area contributed by atoms with E-state index in [2.05, 4.69) is 20.6 Å². The normalized spacial score (nSPS) is 11.4. The topological polar surface area (TPSA) is 75.3 Å². The molecule has 18 heavy (non-hydrogen) atoms. The highest BCUT2D eigenvalue weighted by atomic mass is 35.5. The molecule has 1 rings (SSSR count). The van der Waals surface area contributed by atoms with Crippen LogP contribution in [0, 0.1) is 0 Å². The van der Waals surface area contributed by atoms with E-state index < -0.39 is 0 Å². The van der Waals surface area contributed by atoms with Crippen molar-refractivity contribution < 1.29 is 0 Å². The fourth-order valence-corrected chi connectivity index (χ4v) is 1.48. The van der Waals surface area contributed by atoms with Crippen molar-refractivity contribution in [2.75, 3.05) is 0 Å². The van der Waals surface area contributed by atoms with Gasteiger partial charge in [0.05, 0.1) is 17.3 Å². The third-order valence-corrected chi connectivity index (χ3v) is 2.33.